The van der Waals surface area contributed by atoms with Gasteiger partial charge >= 0.3 is 0 Å². The van der Waals surface area contributed by atoms with Gasteiger partial charge in [-0.3, -0.25) is 9.59 Å². The van der Waals surface area contributed by atoms with Crippen LogP contribution in [0.15, 0.2) is 17.1 Å². The summed E-state index contributed by atoms with van der Waals surface area (Å²) in [6.07, 6.45) is 1.65. The van der Waals surface area contributed by atoms with Gasteiger partial charge in [-0.2, -0.15) is 0 Å². The van der Waals surface area contributed by atoms with E-state index in [1.165, 1.54) is 13.1 Å². The highest BCUT2D eigenvalue weighted by atomic mass is 16.2. The number of aromatic nitrogens is 1. The fraction of sp³-hybridized carbons (Fsp3) is 0.333. The molecule has 13 heavy (non-hydrogen) atoms. The lowest BCUT2D eigenvalue weighted by atomic mass is 10.2. The average Bonchev–Trinajstić information content (AvgIpc) is 2.10. The van der Waals surface area contributed by atoms with Crippen LogP contribution in [0.1, 0.15) is 16.1 Å². The molecular formula is C9H12N2O2. The Bertz CT molecular complexity index is 393. The molecule has 0 unspecified atom stereocenters. The second-order valence-electron chi connectivity index (χ2n) is 2.90. The molecule has 1 rings (SSSR count). The second-order valence-corrected chi connectivity index (χ2v) is 2.90. The van der Waals surface area contributed by atoms with Crippen LogP contribution in [-0.2, 0) is 7.05 Å². The molecule has 4 nitrogen and oxygen atoms in total. The number of carbonyl (C=O) groups is 1. The normalized spacial score (nSPS) is 9.77. The minimum Gasteiger partial charge on any atom is -0.354 e. The van der Waals surface area contributed by atoms with E-state index in [2.05, 4.69) is 5.32 Å². The molecule has 4 heteroatoms. The van der Waals surface area contributed by atoms with E-state index in [1.807, 2.05) is 0 Å². The predicted molar refractivity (Wildman–Crippen MR) is 49.8 cm³/mol. The van der Waals surface area contributed by atoms with E-state index in [9.17, 15) is 9.59 Å². The molecular weight excluding hydrogens is 168 g/mol. The molecule has 0 aliphatic rings. The molecule has 1 N–H and O–H groups in total. The van der Waals surface area contributed by atoms with Gasteiger partial charge in [-0.15, -0.1) is 0 Å². The SMILES string of the molecule is CNC(=O)c1cc(=O)c(C)cn1C. The summed E-state index contributed by atoms with van der Waals surface area (Å²) in [5.41, 5.74) is 0.893. The number of rotatable bonds is 1. The lowest BCUT2D eigenvalue weighted by molar-refractivity contribution is 0.0954. The first-order valence-corrected chi connectivity index (χ1v) is 3.95. The van der Waals surface area contributed by atoms with E-state index in [0.29, 0.717) is 11.3 Å². The molecule has 1 aromatic heterocycles. The maximum atomic E-state index is 11.2. The lowest BCUT2D eigenvalue weighted by Crippen LogP contribution is -2.25. The number of amides is 1. The van der Waals surface area contributed by atoms with Gasteiger partial charge in [-0.1, -0.05) is 0 Å². The first kappa shape index (κ1) is 9.51. The predicted octanol–water partition coefficient (Wildman–Crippen LogP) is 0.0533. The molecule has 1 heterocycles. The molecule has 0 aromatic carbocycles. The first-order valence-electron chi connectivity index (χ1n) is 3.95. The lowest BCUT2D eigenvalue weighted by Gasteiger charge is -2.07. The summed E-state index contributed by atoms with van der Waals surface area (Å²) in [6.45, 7) is 1.72. The summed E-state index contributed by atoms with van der Waals surface area (Å²) < 4.78 is 1.63. The molecule has 0 bridgehead atoms. The van der Waals surface area contributed by atoms with Crippen LogP contribution in [-0.4, -0.2) is 17.5 Å². The van der Waals surface area contributed by atoms with Gasteiger partial charge in [0.15, 0.2) is 5.43 Å². The van der Waals surface area contributed by atoms with Crippen molar-refractivity contribution in [2.75, 3.05) is 7.05 Å². The van der Waals surface area contributed by atoms with E-state index in [1.54, 1.807) is 24.7 Å². The molecule has 70 valence electrons. The van der Waals surface area contributed by atoms with Gasteiger partial charge in [0.25, 0.3) is 5.91 Å². The molecule has 0 atom stereocenters. The summed E-state index contributed by atoms with van der Waals surface area (Å²) >= 11 is 0. The summed E-state index contributed by atoms with van der Waals surface area (Å²) in [7, 11) is 3.27. The van der Waals surface area contributed by atoms with Crippen LogP contribution in [0.2, 0.25) is 0 Å². The number of hydrogen-bond donors (Lipinski definition) is 1. The van der Waals surface area contributed by atoms with E-state index in [0.717, 1.165) is 0 Å². The smallest absolute Gasteiger partial charge is 0.267 e. The second kappa shape index (κ2) is 3.43. The number of carbonyl (C=O) groups excluding carboxylic acids is 1. The Hall–Kier alpha value is -1.58. The van der Waals surface area contributed by atoms with Crippen molar-refractivity contribution < 1.29 is 4.79 Å². The third kappa shape index (κ3) is 1.77. The highest BCUT2D eigenvalue weighted by molar-refractivity contribution is 5.92. The minimum atomic E-state index is -0.250. The largest absolute Gasteiger partial charge is 0.354 e. The number of nitrogens with one attached hydrogen (secondary N) is 1. The van der Waals surface area contributed by atoms with Gasteiger partial charge in [0.05, 0.1) is 0 Å². The van der Waals surface area contributed by atoms with E-state index >= 15 is 0 Å². The summed E-state index contributed by atoms with van der Waals surface area (Å²) in [6, 6.07) is 1.34. The zero-order valence-corrected chi connectivity index (χ0v) is 7.92. The van der Waals surface area contributed by atoms with Crippen molar-refractivity contribution >= 4 is 5.91 Å². The van der Waals surface area contributed by atoms with Crippen LogP contribution in [0.25, 0.3) is 0 Å². The van der Waals surface area contributed by atoms with Crippen LogP contribution in [0.5, 0.6) is 0 Å². The number of aryl methyl sites for hydroxylation is 2. The van der Waals surface area contributed by atoms with Gasteiger partial charge < -0.3 is 9.88 Å². The quantitative estimate of drug-likeness (QED) is 0.664. The van der Waals surface area contributed by atoms with Gasteiger partial charge in [-0.05, 0) is 6.92 Å². The van der Waals surface area contributed by atoms with Crippen LogP contribution in [0.4, 0.5) is 0 Å². The van der Waals surface area contributed by atoms with Gasteiger partial charge in [0.2, 0.25) is 0 Å². The third-order valence-electron chi connectivity index (χ3n) is 1.88. The Labute approximate surface area is 76.2 Å². The van der Waals surface area contributed by atoms with E-state index < -0.39 is 0 Å². The van der Waals surface area contributed by atoms with Crippen LogP contribution < -0.4 is 10.7 Å². The zero-order chi connectivity index (χ0) is 10.0. The van der Waals surface area contributed by atoms with Crippen LogP contribution in [0, 0.1) is 6.92 Å². The Morgan fingerprint density at radius 2 is 2.15 bits per heavy atom. The molecule has 1 amide bonds. The minimum absolute atomic E-state index is 0.114. The van der Waals surface area contributed by atoms with Crippen molar-refractivity contribution in [1.29, 1.82) is 0 Å². The van der Waals surface area contributed by atoms with Gasteiger partial charge in [-0.25, -0.2) is 0 Å². The molecule has 0 radical (unpaired) electrons. The van der Waals surface area contributed by atoms with Crippen LogP contribution >= 0.6 is 0 Å². The fourth-order valence-electron chi connectivity index (χ4n) is 1.12. The maximum absolute atomic E-state index is 11.2. The van der Waals surface area contributed by atoms with Crippen molar-refractivity contribution in [3.8, 4) is 0 Å². The molecule has 0 aliphatic carbocycles. The standard InChI is InChI=1S/C9H12N2O2/c1-6-5-11(3)7(4-8(6)12)9(13)10-2/h4-5H,1-3H3,(H,10,13). The molecule has 0 saturated heterocycles. The Balaban J connectivity index is 3.32. The fourth-order valence-corrected chi connectivity index (χ4v) is 1.12. The maximum Gasteiger partial charge on any atom is 0.267 e. The number of pyridine rings is 1. The van der Waals surface area contributed by atoms with Crippen molar-refractivity contribution in [2.45, 2.75) is 6.92 Å². The molecule has 0 saturated carbocycles. The molecule has 0 aliphatic heterocycles. The Morgan fingerprint density at radius 3 is 2.69 bits per heavy atom. The Kier molecular flexibility index (Phi) is 2.51. The summed E-state index contributed by atoms with van der Waals surface area (Å²) in [4.78, 5) is 22.4. The third-order valence-corrected chi connectivity index (χ3v) is 1.88. The van der Waals surface area contributed by atoms with Gasteiger partial charge in [0, 0.05) is 31.9 Å². The average molecular weight is 180 g/mol. The molecule has 1 aromatic rings. The van der Waals surface area contributed by atoms with Crippen molar-refractivity contribution in [3.05, 3.63) is 33.7 Å². The first-order chi connectivity index (χ1) is 6.06. The summed E-state index contributed by atoms with van der Waals surface area (Å²) in [5, 5.41) is 2.47. The van der Waals surface area contributed by atoms with Crippen molar-refractivity contribution in [3.63, 3.8) is 0 Å². The highest BCUT2D eigenvalue weighted by Crippen LogP contribution is 1.96. The monoisotopic (exact) mass is 180 g/mol. The highest BCUT2D eigenvalue weighted by Gasteiger charge is 2.07. The van der Waals surface area contributed by atoms with Gasteiger partial charge in [0.1, 0.15) is 5.69 Å². The molecule has 0 fully saturated rings. The van der Waals surface area contributed by atoms with Crippen molar-refractivity contribution in [2.24, 2.45) is 7.05 Å². The Morgan fingerprint density at radius 1 is 1.54 bits per heavy atom. The van der Waals surface area contributed by atoms with E-state index in [4.69, 9.17) is 0 Å². The molecule has 0 spiro atoms. The number of hydrogen-bond acceptors (Lipinski definition) is 2. The topological polar surface area (TPSA) is 51.1 Å². The summed E-state index contributed by atoms with van der Waals surface area (Å²) in [5.74, 6) is -0.250. The zero-order valence-electron chi connectivity index (χ0n) is 7.92. The van der Waals surface area contributed by atoms with E-state index in [-0.39, 0.29) is 11.3 Å². The van der Waals surface area contributed by atoms with Crippen LogP contribution in [0.3, 0.4) is 0 Å². The van der Waals surface area contributed by atoms with Crippen molar-refractivity contribution in [1.82, 2.24) is 9.88 Å². The number of nitrogens with zero attached hydrogens (tertiary/aromatic N) is 1.